The molecular weight excluding hydrogens is 356 g/mol. The molecule has 4 nitrogen and oxygen atoms in total. The van der Waals surface area contributed by atoms with Crippen LogP contribution >= 0.6 is 11.3 Å². The third kappa shape index (κ3) is 3.36. The Bertz CT molecular complexity index is 771. The molecule has 4 rings (SSSR count). The molecule has 27 heavy (non-hydrogen) atoms. The van der Waals surface area contributed by atoms with Crippen LogP contribution in [0.5, 0.6) is 0 Å². The predicted molar refractivity (Wildman–Crippen MR) is 110 cm³/mol. The van der Waals surface area contributed by atoms with Crippen molar-refractivity contribution in [2.45, 2.75) is 52.1 Å². The summed E-state index contributed by atoms with van der Waals surface area (Å²) in [4.78, 5) is 19.5. The maximum Gasteiger partial charge on any atom is 0.263 e. The molecule has 3 heterocycles. The quantitative estimate of drug-likeness (QED) is 0.838. The smallest absolute Gasteiger partial charge is 0.263 e. The summed E-state index contributed by atoms with van der Waals surface area (Å²) in [6, 6.07) is 5.04. The maximum atomic E-state index is 12.8. The predicted octanol–water partition coefficient (Wildman–Crippen LogP) is 4.39. The van der Waals surface area contributed by atoms with Crippen LogP contribution in [0.4, 0.5) is 0 Å². The van der Waals surface area contributed by atoms with Gasteiger partial charge in [-0.1, -0.05) is 6.08 Å². The highest BCUT2D eigenvalue weighted by Gasteiger charge is 2.56. The molecule has 1 aliphatic carbocycles. The number of hydrogen-bond donors (Lipinski definition) is 1. The van der Waals surface area contributed by atoms with Crippen LogP contribution in [-0.2, 0) is 0 Å². The Kier molecular flexibility index (Phi) is 4.93. The number of aliphatic hydroxyl groups is 1. The monoisotopic (exact) mass is 386 g/mol. The van der Waals surface area contributed by atoms with Gasteiger partial charge in [0.2, 0.25) is 0 Å². The van der Waals surface area contributed by atoms with Gasteiger partial charge in [0, 0.05) is 42.0 Å². The number of aryl methyl sites for hydroxylation is 1. The van der Waals surface area contributed by atoms with Gasteiger partial charge in [0.15, 0.2) is 0 Å². The first-order chi connectivity index (χ1) is 12.9. The van der Waals surface area contributed by atoms with E-state index in [9.17, 15) is 9.90 Å². The second-order valence-corrected chi connectivity index (χ2v) is 9.95. The molecule has 146 valence electrons. The lowest BCUT2D eigenvalue weighted by Gasteiger charge is -2.64. The molecule has 2 fully saturated rings. The average Bonchev–Trinajstić information content (AvgIpc) is 3.07. The molecule has 1 N–H and O–H groups in total. The molecule has 1 aromatic rings. The van der Waals surface area contributed by atoms with E-state index in [4.69, 9.17) is 0 Å². The van der Waals surface area contributed by atoms with Gasteiger partial charge in [-0.3, -0.25) is 9.69 Å². The van der Waals surface area contributed by atoms with Crippen LogP contribution in [-0.4, -0.2) is 52.5 Å². The number of likely N-dealkylation sites (tertiary alicyclic amines) is 2. The van der Waals surface area contributed by atoms with Crippen LogP contribution in [0, 0.1) is 18.3 Å². The molecule has 2 aliphatic heterocycles. The van der Waals surface area contributed by atoms with Gasteiger partial charge in [-0.05, 0) is 70.2 Å². The van der Waals surface area contributed by atoms with Crippen LogP contribution in [0.2, 0.25) is 0 Å². The molecule has 0 radical (unpaired) electrons. The highest BCUT2D eigenvalue weighted by molar-refractivity contribution is 7.13. The van der Waals surface area contributed by atoms with E-state index in [0.29, 0.717) is 29.2 Å². The molecule has 1 aromatic heterocycles. The number of rotatable bonds is 3. The molecule has 2 saturated heterocycles. The maximum absolute atomic E-state index is 12.8. The second-order valence-electron chi connectivity index (χ2n) is 8.66. The van der Waals surface area contributed by atoms with E-state index in [2.05, 4.69) is 31.7 Å². The van der Waals surface area contributed by atoms with Crippen molar-refractivity contribution in [1.29, 1.82) is 0 Å². The largest absolute Gasteiger partial charge is 0.508 e. The average molecular weight is 387 g/mol. The number of carbonyl (C=O) groups is 1. The van der Waals surface area contributed by atoms with Gasteiger partial charge < -0.3 is 10.0 Å². The summed E-state index contributed by atoms with van der Waals surface area (Å²) in [6.07, 6.45) is 9.08. The Labute approximate surface area is 166 Å². The van der Waals surface area contributed by atoms with Crippen LogP contribution in [0.15, 0.2) is 36.1 Å². The topological polar surface area (TPSA) is 43.8 Å². The molecule has 2 unspecified atom stereocenters. The summed E-state index contributed by atoms with van der Waals surface area (Å²) in [5, 5.41) is 9.70. The summed E-state index contributed by atoms with van der Waals surface area (Å²) in [6.45, 7) is 9.45. The first-order valence-electron chi connectivity index (χ1n) is 10.1. The van der Waals surface area contributed by atoms with Crippen molar-refractivity contribution in [3.63, 3.8) is 0 Å². The van der Waals surface area contributed by atoms with Crippen molar-refractivity contribution in [3.8, 4) is 0 Å². The van der Waals surface area contributed by atoms with E-state index < -0.39 is 0 Å². The molecule has 3 aliphatic rings. The first-order valence-corrected chi connectivity index (χ1v) is 10.9. The van der Waals surface area contributed by atoms with E-state index in [-0.39, 0.29) is 5.91 Å². The Hall–Kier alpha value is -1.59. The molecular formula is C22H30N2O2S. The number of piperidine rings is 1. The molecule has 0 aromatic carbocycles. The minimum Gasteiger partial charge on any atom is -0.508 e. The van der Waals surface area contributed by atoms with Crippen LogP contribution in [0.25, 0.3) is 0 Å². The van der Waals surface area contributed by atoms with Gasteiger partial charge in [0.25, 0.3) is 5.91 Å². The zero-order chi connectivity index (χ0) is 19.2. The Morgan fingerprint density at radius 1 is 1.30 bits per heavy atom. The number of amides is 1. The molecule has 2 atom stereocenters. The van der Waals surface area contributed by atoms with Gasteiger partial charge in [-0.25, -0.2) is 0 Å². The minimum atomic E-state index is 0.199. The number of thiophene rings is 1. The van der Waals surface area contributed by atoms with Gasteiger partial charge in [0.05, 0.1) is 4.88 Å². The van der Waals surface area contributed by atoms with Crippen LogP contribution < -0.4 is 0 Å². The zero-order valence-electron chi connectivity index (χ0n) is 16.5. The van der Waals surface area contributed by atoms with Gasteiger partial charge >= 0.3 is 0 Å². The number of aliphatic hydroxyl groups excluding tert-OH is 1. The fourth-order valence-corrected chi connectivity index (χ4v) is 6.01. The highest BCUT2D eigenvalue weighted by atomic mass is 32.1. The van der Waals surface area contributed by atoms with Crippen molar-refractivity contribution in [2.75, 3.05) is 19.6 Å². The zero-order valence-corrected chi connectivity index (χ0v) is 17.3. The lowest BCUT2D eigenvalue weighted by Crippen LogP contribution is -2.71. The van der Waals surface area contributed by atoms with Crippen LogP contribution in [0.1, 0.15) is 47.7 Å². The van der Waals surface area contributed by atoms with E-state index in [1.54, 1.807) is 11.3 Å². The van der Waals surface area contributed by atoms with E-state index in [1.807, 2.05) is 29.2 Å². The summed E-state index contributed by atoms with van der Waals surface area (Å²) in [5.74, 6) is 1.05. The summed E-state index contributed by atoms with van der Waals surface area (Å²) in [7, 11) is 0. The van der Waals surface area contributed by atoms with Crippen molar-refractivity contribution in [2.24, 2.45) is 11.3 Å². The fraction of sp³-hybridized carbons (Fsp3) is 0.591. The number of carbonyl (C=O) groups excluding carboxylic acids is 1. The third-order valence-corrected chi connectivity index (χ3v) is 7.65. The Morgan fingerprint density at radius 2 is 2.04 bits per heavy atom. The van der Waals surface area contributed by atoms with E-state index in [0.717, 1.165) is 43.8 Å². The Morgan fingerprint density at radius 3 is 2.59 bits per heavy atom. The van der Waals surface area contributed by atoms with Crippen molar-refractivity contribution >= 4 is 17.2 Å². The number of allylic oxidation sites excluding steroid dienone is 2. The molecule has 1 amide bonds. The molecule has 5 heteroatoms. The molecule has 1 spiro atoms. The normalized spacial score (nSPS) is 27.7. The van der Waals surface area contributed by atoms with Gasteiger partial charge in [-0.15, -0.1) is 11.3 Å². The summed E-state index contributed by atoms with van der Waals surface area (Å²) in [5.41, 5.74) is 0.308. The van der Waals surface area contributed by atoms with Gasteiger partial charge in [-0.2, -0.15) is 0 Å². The van der Waals surface area contributed by atoms with Crippen molar-refractivity contribution in [1.82, 2.24) is 9.80 Å². The lowest BCUT2D eigenvalue weighted by molar-refractivity contribution is -0.137. The van der Waals surface area contributed by atoms with Crippen molar-refractivity contribution < 1.29 is 9.90 Å². The van der Waals surface area contributed by atoms with Crippen LogP contribution in [0.3, 0.4) is 0 Å². The van der Waals surface area contributed by atoms with Crippen molar-refractivity contribution in [3.05, 3.63) is 45.9 Å². The molecule has 0 saturated carbocycles. The number of hydrogen-bond acceptors (Lipinski definition) is 4. The number of nitrogens with zero attached hydrogens (tertiary/aromatic N) is 2. The summed E-state index contributed by atoms with van der Waals surface area (Å²) < 4.78 is 0. The summed E-state index contributed by atoms with van der Waals surface area (Å²) >= 11 is 1.60. The lowest BCUT2D eigenvalue weighted by atomic mass is 9.60. The Balaban J connectivity index is 1.46. The van der Waals surface area contributed by atoms with E-state index in [1.165, 1.54) is 4.88 Å². The minimum absolute atomic E-state index is 0.199. The van der Waals surface area contributed by atoms with E-state index >= 15 is 0 Å². The first kappa shape index (κ1) is 18.8. The second kappa shape index (κ2) is 7.10. The highest BCUT2D eigenvalue weighted by Crippen LogP contribution is 2.51. The molecule has 0 bridgehead atoms. The third-order valence-electron chi connectivity index (χ3n) is 6.66. The van der Waals surface area contributed by atoms with Gasteiger partial charge in [0.1, 0.15) is 5.76 Å². The fourth-order valence-electron chi connectivity index (χ4n) is 5.17. The standard InChI is InChI=1S/C22H30N2O2S/c1-15(2)24-14-22(20(24)17-5-7-18(25)8-6-17)10-12-23(13-11-22)21(26)19-9-4-16(3)27-19/h4-5,7-9,15,17,20,25H,6,10-14H2,1-3H3. The SMILES string of the molecule is Cc1ccc(C(=O)N2CCC3(CC2)CN(C(C)C)C3C2C=CC(O)=CC2)s1.